The highest BCUT2D eigenvalue weighted by Crippen LogP contribution is 2.37. The van der Waals surface area contributed by atoms with Crippen LogP contribution in [0.15, 0.2) is 48.5 Å². The first kappa shape index (κ1) is 12.9. The van der Waals surface area contributed by atoms with Gasteiger partial charge in [0.25, 0.3) is 5.91 Å². The van der Waals surface area contributed by atoms with Crippen molar-refractivity contribution >= 4 is 11.6 Å². The molecule has 0 aliphatic carbocycles. The smallest absolute Gasteiger partial charge is 0.258 e. The Hall–Kier alpha value is -2.53. The first-order valence-corrected chi connectivity index (χ1v) is 5.63. The molecule has 1 unspecified atom stereocenters. The molecule has 5 heteroatoms. The second-order valence-corrected chi connectivity index (χ2v) is 4.18. The van der Waals surface area contributed by atoms with E-state index < -0.39 is 11.5 Å². The van der Waals surface area contributed by atoms with Gasteiger partial charge < -0.3 is 21.7 Å². The number of phenols is 1. The van der Waals surface area contributed by atoms with Crippen molar-refractivity contribution in [3.8, 4) is 5.75 Å². The molecule has 5 nitrogen and oxygen atoms in total. The third-order valence-electron chi connectivity index (χ3n) is 3.01. The molecule has 2 rings (SSSR count). The number of nitrogen functional groups attached to an aromatic ring is 1. The molecule has 0 saturated carbocycles. The molecule has 0 radical (unpaired) electrons. The summed E-state index contributed by atoms with van der Waals surface area (Å²) in [4.78, 5) is 11.7. The van der Waals surface area contributed by atoms with Crippen molar-refractivity contribution in [2.24, 2.45) is 5.73 Å². The van der Waals surface area contributed by atoms with Crippen LogP contribution in [0.25, 0.3) is 0 Å². The van der Waals surface area contributed by atoms with Gasteiger partial charge in [0, 0.05) is 5.56 Å². The van der Waals surface area contributed by atoms with E-state index in [4.69, 9.17) is 11.5 Å². The van der Waals surface area contributed by atoms with Crippen LogP contribution in [0, 0.1) is 0 Å². The molecule has 19 heavy (non-hydrogen) atoms. The number of rotatable bonds is 3. The lowest BCUT2D eigenvalue weighted by molar-refractivity contribution is -0.133. The van der Waals surface area contributed by atoms with E-state index in [9.17, 15) is 15.0 Å². The number of benzene rings is 2. The third-order valence-corrected chi connectivity index (χ3v) is 3.01. The van der Waals surface area contributed by atoms with E-state index in [1.165, 1.54) is 18.2 Å². The van der Waals surface area contributed by atoms with Crippen molar-refractivity contribution < 1.29 is 15.0 Å². The number of aromatic hydroxyl groups is 1. The Morgan fingerprint density at radius 3 is 2.26 bits per heavy atom. The predicted octanol–water partition coefficient (Wildman–Crippen LogP) is 0.696. The van der Waals surface area contributed by atoms with Crippen LogP contribution < -0.4 is 11.5 Å². The first-order valence-electron chi connectivity index (χ1n) is 5.63. The van der Waals surface area contributed by atoms with Crippen LogP contribution in [-0.2, 0) is 10.4 Å². The van der Waals surface area contributed by atoms with E-state index in [1.54, 1.807) is 30.3 Å². The number of nitrogens with two attached hydrogens (primary N) is 2. The van der Waals surface area contributed by atoms with Gasteiger partial charge in [0.2, 0.25) is 0 Å². The molecule has 0 bridgehead atoms. The zero-order valence-corrected chi connectivity index (χ0v) is 10.1. The molecule has 1 atom stereocenters. The highest BCUT2D eigenvalue weighted by Gasteiger charge is 2.40. The highest BCUT2D eigenvalue weighted by molar-refractivity contribution is 5.90. The van der Waals surface area contributed by atoms with Crippen LogP contribution in [0.5, 0.6) is 5.75 Å². The summed E-state index contributed by atoms with van der Waals surface area (Å²) in [5, 5.41) is 20.6. The maximum atomic E-state index is 11.7. The van der Waals surface area contributed by atoms with Gasteiger partial charge in [-0.05, 0) is 11.6 Å². The SMILES string of the molecule is NC(=O)C(O)(c1ccccc1)c1cccc(N)c1O. The van der Waals surface area contributed by atoms with Crippen LogP contribution in [0.3, 0.4) is 0 Å². The summed E-state index contributed by atoms with van der Waals surface area (Å²) in [6.45, 7) is 0. The summed E-state index contributed by atoms with van der Waals surface area (Å²) >= 11 is 0. The number of carbonyl (C=O) groups excluding carboxylic acids is 1. The number of aliphatic hydroxyl groups is 1. The molecule has 0 aromatic heterocycles. The van der Waals surface area contributed by atoms with Gasteiger partial charge in [0.1, 0.15) is 5.75 Å². The first-order chi connectivity index (χ1) is 8.98. The summed E-state index contributed by atoms with van der Waals surface area (Å²) in [7, 11) is 0. The van der Waals surface area contributed by atoms with E-state index in [0.717, 1.165) is 0 Å². The summed E-state index contributed by atoms with van der Waals surface area (Å²) < 4.78 is 0. The van der Waals surface area contributed by atoms with Gasteiger partial charge >= 0.3 is 0 Å². The maximum absolute atomic E-state index is 11.7. The molecule has 0 aliphatic heterocycles. The van der Waals surface area contributed by atoms with E-state index in [0.29, 0.717) is 0 Å². The monoisotopic (exact) mass is 258 g/mol. The van der Waals surface area contributed by atoms with E-state index >= 15 is 0 Å². The van der Waals surface area contributed by atoms with Crippen LogP contribution in [-0.4, -0.2) is 16.1 Å². The lowest BCUT2D eigenvalue weighted by Gasteiger charge is -2.26. The number of para-hydroxylation sites is 1. The van der Waals surface area contributed by atoms with E-state index in [1.807, 2.05) is 0 Å². The third kappa shape index (κ3) is 2.00. The number of primary amides is 1. The largest absolute Gasteiger partial charge is 0.505 e. The lowest BCUT2D eigenvalue weighted by atomic mass is 9.85. The average Bonchev–Trinajstić information content (AvgIpc) is 2.42. The minimum absolute atomic E-state index is 0.0359. The van der Waals surface area contributed by atoms with Crippen LogP contribution >= 0.6 is 0 Å². The Morgan fingerprint density at radius 1 is 1.05 bits per heavy atom. The summed E-state index contributed by atoms with van der Waals surface area (Å²) in [6.07, 6.45) is 0. The van der Waals surface area contributed by atoms with Crippen molar-refractivity contribution in [2.45, 2.75) is 5.60 Å². The molecule has 0 saturated heterocycles. The topological polar surface area (TPSA) is 110 Å². The normalized spacial score (nSPS) is 13.7. The van der Waals surface area contributed by atoms with Crippen molar-refractivity contribution in [1.82, 2.24) is 0 Å². The van der Waals surface area contributed by atoms with Crippen molar-refractivity contribution in [2.75, 3.05) is 5.73 Å². The number of hydrogen-bond donors (Lipinski definition) is 4. The molecular weight excluding hydrogens is 244 g/mol. The quantitative estimate of drug-likeness (QED) is 0.479. The zero-order chi connectivity index (χ0) is 14.0. The number of amides is 1. The molecule has 98 valence electrons. The van der Waals surface area contributed by atoms with Gasteiger partial charge in [-0.2, -0.15) is 0 Å². The van der Waals surface area contributed by atoms with Gasteiger partial charge in [-0.1, -0.05) is 42.5 Å². The Balaban J connectivity index is 2.71. The number of phenolic OH excluding ortho intramolecular Hbond substituents is 1. The van der Waals surface area contributed by atoms with Crippen molar-refractivity contribution in [1.29, 1.82) is 0 Å². The molecule has 6 N–H and O–H groups in total. The van der Waals surface area contributed by atoms with Crippen LogP contribution in [0.2, 0.25) is 0 Å². The minimum atomic E-state index is -2.12. The van der Waals surface area contributed by atoms with Crippen LogP contribution in [0.1, 0.15) is 11.1 Å². The molecule has 0 fully saturated rings. The number of anilines is 1. The molecule has 0 aliphatic rings. The second-order valence-electron chi connectivity index (χ2n) is 4.18. The summed E-state index contributed by atoms with van der Waals surface area (Å²) in [6, 6.07) is 12.6. The Kier molecular flexibility index (Phi) is 3.14. The molecule has 2 aromatic carbocycles. The second kappa shape index (κ2) is 4.62. The number of hydrogen-bond acceptors (Lipinski definition) is 4. The lowest BCUT2D eigenvalue weighted by Crippen LogP contribution is -2.42. The average molecular weight is 258 g/mol. The van der Waals surface area contributed by atoms with Gasteiger partial charge in [0.05, 0.1) is 5.69 Å². The minimum Gasteiger partial charge on any atom is -0.505 e. The molecular formula is C14H14N2O3. The Labute approximate surface area is 110 Å². The maximum Gasteiger partial charge on any atom is 0.258 e. The van der Waals surface area contributed by atoms with Gasteiger partial charge in [-0.15, -0.1) is 0 Å². The molecule has 0 heterocycles. The van der Waals surface area contributed by atoms with Crippen molar-refractivity contribution in [3.63, 3.8) is 0 Å². The molecule has 0 spiro atoms. The summed E-state index contributed by atoms with van der Waals surface area (Å²) in [5.41, 5.74) is 9.07. The van der Waals surface area contributed by atoms with Crippen LogP contribution in [0.4, 0.5) is 5.69 Å². The van der Waals surface area contributed by atoms with Gasteiger partial charge in [-0.3, -0.25) is 4.79 Å². The van der Waals surface area contributed by atoms with E-state index in [-0.39, 0.29) is 22.6 Å². The fraction of sp³-hybridized carbons (Fsp3) is 0.0714. The zero-order valence-electron chi connectivity index (χ0n) is 10.1. The van der Waals surface area contributed by atoms with Gasteiger partial charge in [0.15, 0.2) is 5.60 Å². The number of carbonyl (C=O) groups is 1. The predicted molar refractivity (Wildman–Crippen MR) is 71.2 cm³/mol. The highest BCUT2D eigenvalue weighted by atomic mass is 16.3. The standard InChI is InChI=1S/C14H14N2O3/c15-11-8-4-7-10(12(11)17)14(19,13(16)18)9-5-2-1-3-6-9/h1-8,17,19H,15H2,(H2,16,18). The summed E-state index contributed by atoms with van der Waals surface area (Å²) in [5.74, 6) is -1.34. The van der Waals surface area contributed by atoms with E-state index in [2.05, 4.69) is 0 Å². The Morgan fingerprint density at radius 2 is 1.68 bits per heavy atom. The molecule has 1 amide bonds. The fourth-order valence-corrected chi connectivity index (χ4v) is 1.96. The Bertz CT molecular complexity index is 613. The molecule has 2 aromatic rings. The van der Waals surface area contributed by atoms with Crippen molar-refractivity contribution in [3.05, 3.63) is 59.7 Å². The fourth-order valence-electron chi connectivity index (χ4n) is 1.96. The van der Waals surface area contributed by atoms with Gasteiger partial charge in [-0.25, -0.2) is 0 Å².